The Morgan fingerprint density at radius 3 is 2.31 bits per heavy atom. The van der Waals surface area contributed by atoms with Crippen molar-refractivity contribution in [2.24, 2.45) is 0 Å². The van der Waals surface area contributed by atoms with E-state index in [1.165, 1.54) is 4.90 Å². The fourth-order valence-electron chi connectivity index (χ4n) is 3.95. The highest BCUT2D eigenvalue weighted by atomic mass is 16.2. The first-order valence-electron chi connectivity index (χ1n) is 10.1. The minimum atomic E-state index is -0.178. The molecular weight excluding hydrogens is 362 g/mol. The summed E-state index contributed by atoms with van der Waals surface area (Å²) in [6.45, 7) is 4.82. The Morgan fingerprint density at radius 2 is 1.55 bits per heavy atom. The molecule has 2 N–H and O–H groups in total. The average Bonchev–Trinajstić information content (AvgIpc) is 2.79. The van der Waals surface area contributed by atoms with Crippen LogP contribution in [0.15, 0.2) is 72.8 Å². The summed E-state index contributed by atoms with van der Waals surface area (Å²) in [5.41, 5.74) is 1.56. The fraction of sp³-hybridized carbons (Fsp3) is 0.250. The Labute approximate surface area is 170 Å². The van der Waals surface area contributed by atoms with Crippen LogP contribution in [-0.2, 0) is 4.79 Å². The van der Waals surface area contributed by atoms with Gasteiger partial charge in [0.15, 0.2) is 6.04 Å². The van der Waals surface area contributed by atoms with Crippen molar-refractivity contribution in [3.63, 3.8) is 0 Å². The molecule has 1 fully saturated rings. The highest BCUT2D eigenvalue weighted by Crippen LogP contribution is 2.22. The number of hydrogen-bond acceptors (Lipinski definition) is 2. The summed E-state index contributed by atoms with van der Waals surface area (Å²) < 4.78 is 0. The maximum atomic E-state index is 12.9. The van der Waals surface area contributed by atoms with E-state index in [1.807, 2.05) is 84.6 Å². The van der Waals surface area contributed by atoms with Crippen molar-refractivity contribution in [3.05, 3.63) is 78.4 Å². The molecule has 1 aliphatic heterocycles. The molecule has 1 aliphatic rings. The van der Waals surface area contributed by atoms with Crippen molar-refractivity contribution >= 4 is 28.3 Å². The van der Waals surface area contributed by atoms with E-state index in [2.05, 4.69) is 5.32 Å². The van der Waals surface area contributed by atoms with Gasteiger partial charge in [0.2, 0.25) is 0 Å². The van der Waals surface area contributed by atoms with Gasteiger partial charge in [0.05, 0.1) is 26.2 Å². The lowest BCUT2D eigenvalue weighted by atomic mass is 10.1. The van der Waals surface area contributed by atoms with E-state index in [4.69, 9.17) is 0 Å². The zero-order chi connectivity index (χ0) is 20.2. The van der Waals surface area contributed by atoms with Gasteiger partial charge in [0.1, 0.15) is 0 Å². The Balaban J connectivity index is 1.37. The van der Waals surface area contributed by atoms with Crippen LogP contribution < -0.4 is 10.2 Å². The molecule has 0 spiro atoms. The number of carbonyl (C=O) groups is 2. The summed E-state index contributed by atoms with van der Waals surface area (Å²) in [4.78, 5) is 28.6. The van der Waals surface area contributed by atoms with Crippen molar-refractivity contribution < 1.29 is 14.5 Å². The number of nitrogens with zero attached hydrogens (tertiary/aromatic N) is 1. The zero-order valence-corrected chi connectivity index (χ0v) is 16.6. The standard InChI is InChI=1S/C24H25N3O2/c1-18(23(28)25-22-13-7-11-19-8-5-6-12-21(19)22)26-14-16-27(17-15-26)24(29)20-9-3-2-4-10-20/h2-13,18H,14-17H2,1H3,(H,25,28)/p+1/t18-/m1/s1. The van der Waals surface area contributed by atoms with Gasteiger partial charge in [0.25, 0.3) is 11.8 Å². The fourth-order valence-corrected chi connectivity index (χ4v) is 3.95. The van der Waals surface area contributed by atoms with E-state index < -0.39 is 0 Å². The lowest BCUT2D eigenvalue weighted by molar-refractivity contribution is -0.917. The minimum Gasteiger partial charge on any atom is -0.327 e. The molecule has 29 heavy (non-hydrogen) atoms. The second-order valence-electron chi connectivity index (χ2n) is 7.55. The molecule has 148 valence electrons. The molecule has 0 saturated carbocycles. The Kier molecular flexibility index (Phi) is 5.58. The first kappa shape index (κ1) is 19.2. The number of benzene rings is 3. The molecule has 0 bridgehead atoms. The molecule has 1 heterocycles. The maximum Gasteiger partial charge on any atom is 0.282 e. The average molecular weight is 388 g/mol. The number of hydrogen-bond donors (Lipinski definition) is 2. The molecule has 3 aromatic rings. The van der Waals surface area contributed by atoms with Crippen LogP contribution in [0.4, 0.5) is 5.69 Å². The molecule has 0 aromatic heterocycles. The number of amides is 2. The smallest absolute Gasteiger partial charge is 0.282 e. The molecule has 4 rings (SSSR count). The largest absolute Gasteiger partial charge is 0.327 e. The van der Waals surface area contributed by atoms with Crippen LogP contribution in [0.25, 0.3) is 10.8 Å². The number of rotatable bonds is 4. The predicted molar refractivity (Wildman–Crippen MR) is 115 cm³/mol. The van der Waals surface area contributed by atoms with Crippen molar-refractivity contribution in [3.8, 4) is 0 Å². The number of carbonyl (C=O) groups excluding carboxylic acids is 2. The number of fused-ring (bicyclic) bond motifs is 1. The monoisotopic (exact) mass is 388 g/mol. The van der Waals surface area contributed by atoms with Gasteiger partial charge in [-0.3, -0.25) is 9.59 Å². The summed E-state index contributed by atoms with van der Waals surface area (Å²) in [6, 6.07) is 23.2. The number of anilines is 1. The highest BCUT2D eigenvalue weighted by molar-refractivity contribution is 6.03. The van der Waals surface area contributed by atoms with Gasteiger partial charge in [-0.2, -0.15) is 0 Å². The van der Waals surface area contributed by atoms with Crippen LogP contribution in [0.2, 0.25) is 0 Å². The second-order valence-corrected chi connectivity index (χ2v) is 7.55. The van der Waals surface area contributed by atoms with Crippen molar-refractivity contribution in [1.82, 2.24) is 4.90 Å². The van der Waals surface area contributed by atoms with Gasteiger partial charge < -0.3 is 15.1 Å². The second kappa shape index (κ2) is 8.45. The molecule has 1 saturated heterocycles. The molecule has 0 aliphatic carbocycles. The molecular formula is C24H26N3O2+. The Morgan fingerprint density at radius 1 is 0.897 bits per heavy atom. The van der Waals surface area contributed by atoms with Crippen LogP contribution in [0.1, 0.15) is 17.3 Å². The van der Waals surface area contributed by atoms with Gasteiger partial charge in [-0.25, -0.2) is 0 Å². The van der Waals surface area contributed by atoms with Crippen molar-refractivity contribution in [2.75, 3.05) is 31.5 Å². The molecule has 0 radical (unpaired) electrons. The van der Waals surface area contributed by atoms with E-state index in [0.29, 0.717) is 13.1 Å². The molecule has 5 heteroatoms. The third-order valence-electron chi connectivity index (χ3n) is 5.77. The van der Waals surface area contributed by atoms with Gasteiger partial charge >= 0.3 is 0 Å². The van der Waals surface area contributed by atoms with E-state index in [-0.39, 0.29) is 17.9 Å². The minimum absolute atomic E-state index is 0.0131. The predicted octanol–water partition coefficient (Wildman–Crippen LogP) is 2.21. The van der Waals surface area contributed by atoms with Gasteiger partial charge in [-0.15, -0.1) is 0 Å². The Bertz CT molecular complexity index is 1010. The number of nitrogens with one attached hydrogen (secondary N) is 2. The summed E-state index contributed by atoms with van der Waals surface area (Å²) in [6.07, 6.45) is 0. The molecule has 3 aromatic carbocycles. The molecule has 0 unspecified atom stereocenters. The van der Waals surface area contributed by atoms with Gasteiger partial charge in [-0.05, 0) is 30.5 Å². The van der Waals surface area contributed by atoms with Crippen molar-refractivity contribution in [1.29, 1.82) is 0 Å². The summed E-state index contributed by atoms with van der Waals surface area (Å²) in [5.74, 6) is 0.0803. The molecule has 1 atom stereocenters. The first-order valence-corrected chi connectivity index (χ1v) is 10.1. The van der Waals surface area contributed by atoms with E-state index in [0.717, 1.165) is 35.1 Å². The van der Waals surface area contributed by atoms with Crippen molar-refractivity contribution in [2.45, 2.75) is 13.0 Å². The quantitative estimate of drug-likeness (QED) is 0.720. The number of piperazine rings is 1. The number of quaternary nitrogens is 1. The maximum absolute atomic E-state index is 12.9. The SMILES string of the molecule is C[C@H](C(=O)Nc1cccc2ccccc12)[NH+]1CCN(C(=O)c2ccccc2)CC1. The molecule has 2 amide bonds. The van der Waals surface area contributed by atoms with Gasteiger partial charge in [-0.1, -0.05) is 54.6 Å². The van der Waals surface area contributed by atoms with E-state index in [9.17, 15) is 9.59 Å². The first-order chi connectivity index (χ1) is 14.1. The van der Waals surface area contributed by atoms with Crippen LogP contribution >= 0.6 is 0 Å². The van der Waals surface area contributed by atoms with Crippen LogP contribution in [0.5, 0.6) is 0 Å². The summed E-state index contributed by atoms with van der Waals surface area (Å²) in [5, 5.41) is 5.26. The summed E-state index contributed by atoms with van der Waals surface area (Å²) >= 11 is 0. The van der Waals surface area contributed by atoms with E-state index in [1.54, 1.807) is 0 Å². The lowest BCUT2D eigenvalue weighted by Crippen LogP contribution is -3.19. The van der Waals surface area contributed by atoms with Crippen LogP contribution in [0.3, 0.4) is 0 Å². The molecule has 5 nitrogen and oxygen atoms in total. The van der Waals surface area contributed by atoms with Gasteiger partial charge in [0, 0.05) is 16.6 Å². The van der Waals surface area contributed by atoms with Crippen LogP contribution in [0, 0.1) is 0 Å². The third kappa shape index (κ3) is 4.15. The zero-order valence-electron chi connectivity index (χ0n) is 16.6. The Hall–Kier alpha value is -3.18. The van der Waals surface area contributed by atoms with E-state index >= 15 is 0 Å². The third-order valence-corrected chi connectivity index (χ3v) is 5.77. The highest BCUT2D eigenvalue weighted by Gasteiger charge is 2.31. The topological polar surface area (TPSA) is 53.9 Å². The van der Waals surface area contributed by atoms with Crippen LogP contribution in [-0.4, -0.2) is 48.9 Å². The lowest BCUT2D eigenvalue weighted by Gasteiger charge is -2.34. The normalized spacial score (nSPS) is 15.8. The summed E-state index contributed by atoms with van der Waals surface area (Å²) in [7, 11) is 0.